The van der Waals surface area contributed by atoms with Gasteiger partial charge in [0, 0.05) is 30.9 Å². The van der Waals surface area contributed by atoms with E-state index in [-0.39, 0.29) is 55.0 Å². The van der Waals surface area contributed by atoms with Crippen molar-refractivity contribution in [3.8, 4) is 5.75 Å². The van der Waals surface area contributed by atoms with Crippen molar-refractivity contribution >= 4 is 17.6 Å². The lowest BCUT2D eigenvalue weighted by Crippen LogP contribution is -2.55. The predicted octanol–water partition coefficient (Wildman–Crippen LogP) is 3.37. The highest BCUT2D eigenvalue weighted by Crippen LogP contribution is 2.40. The van der Waals surface area contributed by atoms with E-state index in [0.29, 0.717) is 38.7 Å². The van der Waals surface area contributed by atoms with Crippen LogP contribution in [0.1, 0.15) is 64.0 Å². The first-order valence-electron chi connectivity index (χ1n) is 14.3. The molecule has 0 aromatic heterocycles. The number of carbonyl (C=O) groups is 3. The Morgan fingerprint density at radius 2 is 1.77 bits per heavy atom. The average Bonchev–Trinajstić information content (AvgIpc) is 2.99. The first-order chi connectivity index (χ1) is 19.0. The molecule has 0 bridgehead atoms. The van der Waals surface area contributed by atoms with Crippen LogP contribution in [0.3, 0.4) is 0 Å². The summed E-state index contributed by atoms with van der Waals surface area (Å²) in [5.41, 5.74) is 0.946. The number of alkyl halides is 3. The van der Waals surface area contributed by atoms with Gasteiger partial charge in [-0.2, -0.15) is 13.2 Å². The van der Waals surface area contributed by atoms with Crippen molar-refractivity contribution in [2.45, 2.75) is 82.7 Å². The van der Waals surface area contributed by atoms with Gasteiger partial charge >= 0.3 is 6.18 Å². The number of nitrogens with zero attached hydrogens (tertiary/aromatic N) is 1. The molecule has 2 amide bonds. The van der Waals surface area contributed by atoms with Gasteiger partial charge in [-0.25, -0.2) is 0 Å². The Kier molecular flexibility index (Phi) is 9.76. The zero-order chi connectivity index (χ0) is 29.0. The van der Waals surface area contributed by atoms with E-state index in [9.17, 15) is 27.6 Å². The van der Waals surface area contributed by atoms with Crippen molar-refractivity contribution in [1.29, 1.82) is 0 Å². The number of carbonyl (C=O) groups excluding carboxylic acids is 3. The van der Waals surface area contributed by atoms with E-state index in [0.717, 1.165) is 18.2 Å². The normalized spacial score (nSPS) is 29.4. The van der Waals surface area contributed by atoms with E-state index in [1.54, 1.807) is 14.0 Å². The maximum atomic E-state index is 13.7. The molecule has 0 spiro atoms. The minimum atomic E-state index is -4.46. The van der Waals surface area contributed by atoms with Crippen molar-refractivity contribution in [3.05, 3.63) is 29.8 Å². The van der Waals surface area contributed by atoms with E-state index in [1.807, 2.05) is 24.3 Å². The number of halogens is 3. The molecule has 1 saturated carbocycles. The van der Waals surface area contributed by atoms with Crippen LogP contribution in [-0.4, -0.2) is 73.5 Å². The molecule has 4 rings (SSSR count). The Morgan fingerprint density at radius 1 is 1.02 bits per heavy atom. The summed E-state index contributed by atoms with van der Waals surface area (Å²) < 4.78 is 46.9. The number of ketones is 1. The van der Waals surface area contributed by atoms with Crippen molar-refractivity contribution in [1.82, 2.24) is 20.9 Å². The number of nitrogens with one attached hydrogen (secondary N) is 3. The summed E-state index contributed by atoms with van der Waals surface area (Å²) in [6.07, 6.45) is -1.37. The van der Waals surface area contributed by atoms with Crippen LogP contribution in [0.5, 0.6) is 5.75 Å². The Bertz CT molecular complexity index is 1070. The van der Waals surface area contributed by atoms with Gasteiger partial charge in [0.25, 0.3) is 0 Å². The van der Waals surface area contributed by atoms with E-state index in [1.165, 1.54) is 4.90 Å². The van der Waals surface area contributed by atoms with Crippen LogP contribution in [0.2, 0.25) is 0 Å². The number of rotatable bonds is 6. The minimum Gasteiger partial charge on any atom is -0.493 e. The highest BCUT2D eigenvalue weighted by atomic mass is 19.4. The SMILES string of the molecule is CN[C@@H](C)C(=O)N[C@H]1CN([C@H](C)C(F)(F)F)CC[C@H]2CC[C@@H](C(=O)N[C@@H]3CCOc4ccccc43)CC2CC1=O. The van der Waals surface area contributed by atoms with E-state index in [4.69, 9.17) is 4.74 Å². The maximum Gasteiger partial charge on any atom is 0.403 e. The molecular weight excluding hydrogens is 525 g/mol. The molecule has 1 aromatic rings. The third-order valence-electron chi connectivity index (χ3n) is 9.01. The minimum absolute atomic E-state index is 0.0328. The number of hydrogen-bond donors (Lipinski definition) is 3. The Balaban J connectivity index is 1.48. The zero-order valence-corrected chi connectivity index (χ0v) is 23.4. The second kappa shape index (κ2) is 12.9. The Morgan fingerprint density at radius 3 is 2.50 bits per heavy atom. The first kappa shape index (κ1) is 30.3. The molecule has 222 valence electrons. The lowest BCUT2D eigenvalue weighted by Gasteiger charge is -2.37. The molecule has 11 heteroatoms. The van der Waals surface area contributed by atoms with E-state index in [2.05, 4.69) is 16.0 Å². The smallest absolute Gasteiger partial charge is 0.403 e. The number of likely N-dealkylation sites (N-methyl/N-ethyl adjacent to an activating group) is 1. The third-order valence-corrected chi connectivity index (χ3v) is 9.01. The van der Waals surface area contributed by atoms with Crippen molar-refractivity contribution in [2.75, 3.05) is 26.7 Å². The number of fused-ring (bicyclic) bond motifs is 2. The van der Waals surface area contributed by atoms with Gasteiger partial charge < -0.3 is 20.7 Å². The quantitative estimate of drug-likeness (QED) is 0.489. The van der Waals surface area contributed by atoms with Crippen LogP contribution >= 0.6 is 0 Å². The molecule has 40 heavy (non-hydrogen) atoms. The number of hydrogen-bond acceptors (Lipinski definition) is 6. The maximum absolute atomic E-state index is 13.7. The molecule has 2 aliphatic heterocycles. The summed E-state index contributed by atoms with van der Waals surface area (Å²) in [7, 11) is 1.60. The zero-order valence-electron chi connectivity index (χ0n) is 23.4. The fourth-order valence-corrected chi connectivity index (χ4v) is 6.25. The standard InChI is InChI=1S/C29H41F3N4O4/c1-17(33-3)27(38)35-24-16-36(18(2)29(30,31)32)12-10-19-8-9-20(14-21(19)15-25(24)37)28(39)34-23-11-13-40-26-7-5-4-6-22(23)26/h4-7,17-21,23-24,33H,8-16H2,1-3H3,(H,34,39)(H,35,38)/t17-,18+,19+,20+,21?,23+,24-/m0/s1. The molecule has 7 atom stereocenters. The highest BCUT2D eigenvalue weighted by molar-refractivity contribution is 5.91. The Hall–Kier alpha value is -2.66. The van der Waals surface area contributed by atoms with Crippen molar-refractivity contribution in [2.24, 2.45) is 17.8 Å². The molecule has 2 heterocycles. The first-order valence-corrected chi connectivity index (χ1v) is 14.3. The number of ether oxygens (including phenoxy) is 1. The monoisotopic (exact) mass is 566 g/mol. The molecular formula is C29H41F3N4O4. The molecule has 1 saturated heterocycles. The molecule has 1 aromatic carbocycles. The molecule has 1 aliphatic carbocycles. The predicted molar refractivity (Wildman–Crippen MR) is 144 cm³/mol. The molecule has 3 N–H and O–H groups in total. The molecule has 2 fully saturated rings. The largest absolute Gasteiger partial charge is 0.493 e. The summed E-state index contributed by atoms with van der Waals surface area (Å²) in [6.45, 7) is 3.21. The fraction of sp³-hybridized carbons (Fsp3) is 0.690. The highest BCUT2D eigenvalue weighted by Gasteiger charge is 2.44. The summed E-state index contributed by atoms with van der Waals surface area (Å²) in [5.74, 6) is -0.407. The second-order valence-corrected chi connectivity index (χ2v) is 11.5. The third kappa shape index (κ3) is 7.15. The lowest BCUT2D eigenvalue weighted by molar-refractivity contribution is -0.180. The fourth-order valence-electron chi connectivity index (χ4n) is 6.25. The van der Waals surface area contributed by atoms with Gasteiger partial charge in [-0.15, -0.1) is 0 Å². The Labute approximate surface area is 233 Å². The van der Waals surface area contributed by atoms with Crippen LogP contribution in [-0.2, 0) is 14.4 Å². The summed E-state index contributed by atoms with van der Waals surface area (Å²) >= 11 is 0. The van der Waals surface area contributed by atoms with Crippen LogP contribution in [0, 0.1) is 17.8 Å². The van der Waals surface area contributed by atoms with Crippen molar-refractivity contribution in [3.63, 3.8) is 0 Å². The number of amides is 2. The van der Waals surface area contributed by atoms with Crippen LogP contribution in [0.4, 0.5) is 13.2 Å². The topological polar surface area (TPSA) is 99.8 Å². The summed E-state index contributed by atoms with van der Waals surface area (Å²) in [6, 6.07) is 4.09. The number of Topliss-reactive ketones (excluding diaryl/α,β-unsaturated/α-hetero) is 1. The number of benzene rings is 1. The molecule has 8 nitrogen and oxygen atoms in total. The van der Waals surface area contributed by atoms with Crippen LogP contribution in [0.15, 0.2) is 24.3 Å². The lowest BCUT2D eigenvalue weighted by atomic mass is 9.70. The van der Waals surface area contributed by atoms with Gasteiger partial charge in [0.2, 0.25) is 11.8 Å². The van der Waals surface area contributed by atoms with Gasteiger partial charge in [0.05, 0.1) is 18.7 Å². The molecule has 1 unspecified atom stereocenters. The van der Waals surface area contributed by atoms with E-state index < -0.39 is 30.2 Å². The molecule has 3 aliphatic rings. The number of para-hydroxylation sites is 1. The van der Waals surface area contributed by atoms with Gasteiger partial charge in [0.1, 0.15) is 17.8 Å². The van der Waals surface area contributed by atoms with Gasteiger partial charge in [-0.3, -0.25) is 19.3 Å². The molecule has 0 radical (unpaired) electrons. The van der Waals surface area contributed by atoms with E-state index >= 15 is 0 Å². The van der Waals surface area contributed by atoms with Crippen LogP contribution < -0.4 is 20.7 Å². The summed E-state index contributed by atoms with van der Waals surface area (Å²) in [5, 5.41) is 8.68. The second-order valence-electron chi connectivity index (χ2n) is 11.5. The average molecular weight is 567 g/mol. The van der Waals surface area contributed by atoms with Gasteiger partial charge in [0.15, 0.2) is 5.78 Å². The van der Waals surface area contributed by atoms with Gasteiger partial charge in [-0.05, 0) is 71.0 Å². The van der Waals surface area contributed by atoms with Crippen molar-refractivity contribution < 1.29 is 32.3 Å². The summed E-state index contributed by atoms with van der Waals surface area (Å²) in [4.78, 5) is 40.8. The van der Waals surface area contributed by atoms with Gasteiger partial charge in [-0.1, -0.05) is 18.2 Å². The van der Waals surface area contributed by atoms with Crippen LogP contribution in [0.25, 0.3) is 0 Å².